The molecule has 0 atom stereocenters. The maximum atomic E-state index is 7.69. The number of benzene rings is 2. The van der Waals surface area contributed by atoms with Crippen molar-refractivity contribution in [2.24, 2.45) is 0 Å². The summed E-state index contributed by atoms with van der Waals surface area (Å²) < 4.78 is 10.9. The molecule has 0 radical (unpaired) electrons. The van der Waals surface area contributed by atoms with Crippen LogP contribution < -0.4 is 4.74 Å². The van der Waals surface area contributed by atoms with E-state index < -0.39 is 0 Å². The third kappa shape index (κ3) is 4.59. The summed E-state index contributed by atoms with van der Waals surface area (Å²) >= 11 is 7.64. The van der Waals surface area contributed by atoms with Crippen LogP contribution in [0.2, 0.25) is 5.02 Å². The van der Waals surface area contributed by atoms with Crippen molar-refractivity contribution >= 4 is 28.8 Å². The highest BCUT2D eigenvalue weighted by Crippen LogP contribution is 2.27. The van der Waals surface area contributed by atoms with Crippen molar-refractivity contribution in [1.29, 1.82) is 5.41 Å². The second-order valence-corrected chi connectivity index (χ2v) is 6.74. The molecule has 3 rings (SSSR count). The average molecular weight is 373 g/mol. The maximum absolute atomic E-state index is 7.69. The number of hydrogen-bond donors (Lipinski definition) is 1. The van der Waals surface area contributed by atoms with Gasteiger partial charge in [-0.15, -0.1) is 11.3 Å². The van der Waals surface area contributed by atoms with Crippen molar-refractivity contribution < 1.29 is 9.47 Å². The van der Waals surface area contributed by atoms with E-state index >= 15 is 0 Å². The van der Waals surface area contributed by atoms with Crippen molar-refractivity contribution in [3.8, 4) is 5.75 Å². The van der Waals surface area contributed by atoms with Crippen LogP contribution in [0.5, 0.6) is 5.75 Å². The minimum Gasteiger partial charge on any atom is -0.489 e. The van der Waals surface area contributed by atoms with E-state index in [1.807, 2.05) is 53.9 Å². The molecule has 0 bridgehead atoms. The first kappa shape index (κ1) is 17.5. The first-order valence-corrected chi connectivity index (χ1v) is 8.94. The molecule has 1 heterocycles. The molecule has 0 spiro atoms. The Balaban J connectivity index is 1.77. The fraction of sp³-hybridized carbons (Fsp3) is 0.158. The number of nitrogens with zero attached hydrogens (tertiary/aromatic N) is 1. The van der Waals surface area contributed by atoms with E-state index in [4.69, 9.17) is 26.5 Å². The van der Waals surface area contributed by atoms with Gasteiger partial charge in [-0.2, -0.15) is 0 Å². The number of nitrogens with one attached hydrogen (secondary N) is 1. The molecule has 4 nitrogen and oxygen atoms in total. The summed E-state index contributed by atoms with van der Waals surface area (Å²) in [6.45, 7) is 0.493. The Morgan fingerprint density at radius 3 is 2.76 bits per heavy atom. The van der Waals surface area contributed by atoms with Gasteiger partial charge in [0.15, 0.2) is 0 Å². The predicted molar refractivity (Wildman–Crippen MR) is 101 cm³/mol. The van der Waals surface area contributed by atoms with Crippen LogP contribution in [0.3, 0.4) is 0 Å². The van der Waals surface area contributed by atoms with Crippen LogP contribution in [0.4, 0.5) is 0 Å². The summed E-state index contributed by atoms with van der Waals surface area (Å²) in [5.41, 5.74) is 2.61. The van der Waals surface area contributed by atoms with Gasteiger partial charge in [-0.25, -0.2) is 4.98 Å². The highest BCUT2D eigenvalue weighted by molar-refractivity contribution is 7.09. The quantitative estimate of drug-likeness (QED) is 0.492. The van der Waals surface area contributed by atoms with Gasteiger partial charge in [0.1, 0.15) is 18.1 Å². The zero-order chi connectivity index (χ0) is 17.6. The molecule has 6 heteroatoms. The van der Waals surface area contributed by atoms with Crippen LogP contribution in [-0.4, -0.2) is 18.0 Å². The minimum absolute atomic E-state index is 0.0640. The van der Waals surface area contributed by atoms with Crippen LogP contribution in [0.1, 0.15) is 21.8 Å². The summed E-state index contributed by atoms with van der Waals surface area (Å²) in [5, 5.41) is 11.0. The highest BCUT2D eigenvalue weighted by atomic mass is 35.5. The molecule has 3 aromatic rings. The van der Waals surface area contributed by atoms with E-state index in [0.29, 0.717) is 23.7 Å². The Hall–Kier alpha value is -2.37. The van der Waals surface area contributed by atoms with Crippen LogP contribution in [0.25, 0.3) is 0 Å². The Morgan fingerprint density at radius 1 is 1.20 bits per heavy atom. The van der Waals surface area contributed by atoms with Crippen molar-refractivity contribution in [3.63, 3.8) is 0 Å². The molecule has 0 amide bonds. The molecule has 128 valence electrons. The van der Waals surface area contributed by atoms with Crippen LogP contribution in [0.15, 0.2) is 53.9 Å². The van der Waals surface area contributed by atoms with Gasteiger partial charge >= 0.3 is 0 Å². The average Bonchev–Trinajstić information content (AvgIpc) is 3.10. The highest BCUT2D eigenvalue weighted by Gasteiger charge is 2.12. The topological polar surface area (TPSA) is 55.2 Å². The lowest BCUT2D eigenvalue weighted by molar-refractivity contribution is 0.303. The molecule has 0 saturated carbocycles. The second-order valence-electron chi connectivity index (χ2n) is 5.36. The largest absolute Gasteiger partial charge is 0.489 e. The van der Waals surface area contributed by atoms with E-state index in [0.717, 1.165) is 21.9 Å². The second kappa shape index (κ2) is 8.14. The molecule has 0 aliphatic rings. The number of methoxy groups -OCH3 is 1. The molecule has 1 N–H and O–H groups in total. The summed E-state index contributed by atoms with van der Waals surface area (Å²) in [5.74, 6) is 0.848. The molecule has 0 unspecified atom stereocenters. The minimum atomic E-state index is 0.0640. The van der Waals surface area contributed by atoms with Crippen LogP contribution in [0, 0.1) is 5.41 Å². The van der Waals surface area contributed by atoms with Gasteiger partial charge in [0.25, 0.3) is 0 Å². The first-order valence-electron chi connectivity index (χ1n) is 7.68. The zero-order valence-corrected chi connectivity index (χ0v) is 15.2. The normalized spacial score (nSPS) is 10.5. The van der Waals surface area contributed by atoms with Gasteiger partial charge in [-0.05, 0) is 23.8 Å². The smallest absolute Gasteiger partial charge is 0.233 e. The molecule has 0 saturated heterocycles. The number of rotatable bonds is 6. The maximum Gasteiger partial charge on any atom is 0.233 e. The molecule has 1 aromatic heterocycles. The number of hydrogen-bond acceptors (Lipinski definition) is 5. The molecule has 0 aliphatic heterocycles. The van der Waals surface area contributed by atoms with Crippen LogP contribution in [-0.2, 0) is 17.8 Å². The molecule has 0 fully saturated rings. The lowest BCUT2D eigenvalue weighted by atomic mass is 10.1. The van der Waals surface area contributed by atoms with E-state index in [1.54, 1.807) is 0 Å². The standard InChI is InChI=1S/C19H17ClN2O2S/c1-23-19(21)16-12-25-18(22-16)10-14-9-15(20)7-8-17(14)24-11-13-5-3-2-4-6-13/h2-9,12,21H,10-11H2,1H3. The molecule has 25 heavy (non-hydrogen) atoms. The van der Waals surface area contributed by atoms with Gasteiger partial charge in [-0.1, -0.05) is 41.9 Å². The van der Waals surface area contributed by atoms with Gasteiger partial charge < -0.3 is 9.47 Å². The predicted octanol–water partition coefficient (Wildman–Crippen LogP) is 4.94. The van der Waals surface area contributed by atoms with E-state index in [1.165, 1.54) is 18.4 Å². The summed E-state index contributed by atoms with van der Waals surface area (Å²) in [6, 6.07) is 15.6. The van der Waals surface area contributed by atoms with Crippen molar-refractivity contribution in [3.05, 3.63) is 80.8 Å². The van der Waals surface area contributed by atoms with Crippen LogP contribution >= 0.6 is 22.9 Å². The SMILES string of the molecule is COC(=N)c1csc(Cc2cc(Cl)ccc2OCc2ccccc2)n1. The van der Waals surface area contributed by atoms with E-state index in [-0.39, 0.29) is 5.90 Å². The summed E-state index contributed by atoms with van der Waals surface area (Å²) in [6.07, 6.45) is 0.590. The molecule has 0 aliphatic carbocycles. The molecular weight excluding hydrogens is 356 g/mol. The fourth-order valence-corrected chi connectivity index (χ4v) is 3.32. The Labute approximate surface area is 155 Å². The third-order valence-corrected chi connectivity index (χ3v) is 4.67. The summed E-state index contributed by atoms with van der Waals surface area (Å²) in [4.78, 5) is 4.44. The van der Waals surface area contributed by atoms with E-state index in [9.17, 15) is 0 Å². The fourth-order valence-electron chi connectivity index (χ4n) is 2.33. The van der Waals surface area contributed by atoms with Crippen molar-refractivity contribution in [1.82, 2.24) is 4.98 Å². The lowest BCUT2D eigenvalue weighted by Gasteiger charge is -2.11. The van der Waals surface area contributed by atoms with Crippen molar-refractivity contribution in [2.75, 3.05) is 7.11 Å². The van der Waals surface area contributed by atoms with Gasteiger partial charge in [0.05, 0.1) is 12.1 Å². The Morgan fingerprint density at radius 2 is 2.00 bits per heavy atom. The monoisotopic (exact) mass is 372 g/mol. The van der Waals surface area contributed by atoms with E-state index in [2.05, 4.69) is 4.98 Å². The number of ether oxygens (including phenoxy) is 2. The first-order chi connectivity index (χ1) is 12.2. The Bertz CT molecular complexity index is 865. The Kier molecular flexibility index (Phi) is 5.68. The van der Waals surface area contributed by atoms with Gasteiger partial charge in [0, 0.05) is 22.4 Å². The molecular formula is C19H17ClN2O2S. The third-order valence-electron chi connectivity index (χ3n) is 3.59. The number of aromatic nitrogens is 1. The molecule has 2 aromatic carbocycles. The summed E-state index contributed by atoms with van der Waals surface area (Å²) in [7, 11) is 1.47. The lowest BCUT2D eigenvalue weighted by Crippen LogP contribution is -2.02. The number of halogens is 1. The zero-order valence-electron chi connectivity index (χ0n) is 13.7. The number of thiazole rings is 1. The van der Waals surface area contributed by atoms with Crippen molar-refractivity contribution in [2.45, 2.75) is 13.0 Å². The van der Waals surface area contributed by atoms with Gasteiger partial charge in [0.2, 0.25) is 5.90 Å². The van der Waals surface area contributed by atoms with Gasteiger partial charge in [-0.3, -0.25) is 5.41 Å².